The Kier molecular flexibility index (Phi) is 1.82. The van der Waals surface area contributed by atoms with E-state index in [4.69, 9.17) is 4.74 Å². The van der Waals surface area contributed by atoms with E-state index in [1.165, 1.54) is 18.4 Å². The van der Waals surface area contributed by atoms with Crippen molar-refractivity contribution in [3.63, 3.8) is 0 Å². The zero-order chi connectivity index (χ0) is 7.68. The van der Waals surface area contributed by atoms with Crippen LogP contribution in [0.25, 0.3) is 0 Å². The average Bonchev–Trinajstić information content (AvgIpc) is 1.96. The van der Waals surface area contributed by atoms with Crippen molar-refractivity contribution in [2.75, 3.05) is 6.61 Å². The number of ether oxygens (including phenoxy) is 1. The molecule has 11 heavy (non-hydrogen) atoms. The summed E-state index contributed by atoms with van der Waals surface area (Å²) in [6.45, 7) is 2.89. The van der Waals surface area contributed by atoms with Crippen molar-refractivity contribution in [1.29, 1.82) is 0 Å². The Balaban J connectivity index is 2.00. The van der Waals surface area contributed by atoms with E-state index in [0.29, 0.717) is 6.10 Å². The van der Waals surface area contributed by atoms with Crippen LogP contribution in [0, 0.1) is 0 Å². The standard InChI is InChI=1S/C10H14O/c1-2-11-10-6-5-8-3-4-9(8)7-10/h5,7,10H,2-4,6H2,1H3. The second-order valence-corrected chi connectivity index (χ2v) is 3.15. The highest BCUT2D eigenvalue weighted by atomic mass is 16.5. The highest BCUT2D eigenvalue weighted by Crippen LogP contribution is 2.36. The molecule has 1 nitrogen and oxygen atoms in total. The Bertz CT molecular complexity index is 213. The smallest absolute Gasteiger partial charge is 0.0796 e. The van der Waals surface area contributed by atoms with Crippen LogP contribution in [-0.4, -0.2) is 12.7 Å². The van der Waals surface area contributed by atoms with E-state index in [-0.39, 0.29) is 0 Å². The van der Waals surface area contributed by atoms with Crippen LogP contribution in [0.3, 0.4) is 0 Å². The normalized spacial score (nSPS) is 28.3. The Hall–Kier alpha value is -0.560. The molecule has 1 atom stereocenters. The average molecular weight is 150 g/mol. The van der Waals surface area contributed by atoms with Crippen molar-refractivity contribution in [2.45, 2.75) is 32.3 Å². The van der Waals surface area contributed by atoms with Crippen molar-refractivity contribution in [1.82, 2.24) is 0 Å². The van der Waals surface area contributed by atoms with Gasteiger partial charge in [0.2, 0.25) is 0 Å². The van der Waals surface area contributed by atoms with Gasteiger partial charge < -0.3 is 4.74 Å². The van der Waals surface area contributed by atoms with Crippen LogP contribution < -0.4 is 0 Å². The lowest BCUT2D eigenvalue weighted by Gasteiger charge is -2.28. The molecule has 0 heterocycles. The Morgan fingerprint density at radius 2 is 2.27 bits per heavy atom. The van der Waals surface area contributed by atoms with E-state index in [1.54, 1.807) is 5.57 Å². The van der Waals surface area contributed by atoms with Gasteiger partial charge in [-0.2, -0.15) is 0 Å². The van der Waals surface area contributed by atoms with Crippen LogP contribution in [-0.2, 0) is 4.74 Å². The minimum atomic E-state index is 0.374. The number of hydrogen-bond donors (Lipinski definition) is 0. The fourth-order valence-corrected chi connectivity index (χ4v) is 1.72. The first-order valence-corrected chi connectivity index (χ1v) is 4.42. The topological polar surface area (TPSA) is 9.23 Å². The first-order valence-electron chi connectivity index (χ1n) is 4.42. The molecular weight excluding hydrogens is 136 g/mol. The summed E-state index contributed by atoms with van der Waals surface area (Å²) >= 11 is 0. The van der Waals surface area contributed by atoms with Gasteiger partial charge in [-0.3, -0.25) is 0 Å². The number of rotatable bonds is 2. The summed E-state index contributed by atoms with van der Waals surface area (Å²) in [5.41, 5.74) is 3.11. The molecule has 2 aliphatic rings. The summed E-state index contributed by atoms with van der Waals surface area (Å²) < 4.78 is 5.51. The van der Waals surface area contributed by atoms with Crippen LogP contribution in [0.4, 0.5) is 0 Å². The maximum absolute atomic E-state index is 5.51. The second kappa shape index (κ2) is 2.82. The van der Waals surface area contributed by atoms with Crippen molar-refractivity contribution < 1.29 is 4.74 Å². The monoisotopic (exact) mass is 150 g/mol. The van der Waals surface area contributed by atoms with Gasteiger partial charge in [0.1, 0.15) is 0 Å². The Morgan fingerprint density at radius 3 is 2.82 bits per heavy atom. The second-order valence-electron chi connectivity index (χ2n) is 3.15. The molecule has 0 aromatic rings. The summed E-state index contributed by atoms with van der Waals surface area (Å²) in [5, 5.41) is 0. The van der Waals surface area contributed by atoms with E-state index in [1.807, 2.05) is 0 Å². The molecule has 1 saturated carbocycles. The van der Waals surface area contributed by atoms with E-state index >= 15 is 0 Å². The predicted molar refractivity (Wildman–Crippen MR) is 45.4 cm³/mol. The summed E-state index contributed by atoms with van der Waals surface area (Å²) in [7, 11) is 0. The fourth-order valence-electron chi connectivity index (χ4n) is 1.72. The number of hydrogen-bond acceptors (Lipinski definition) is 1. The molecule has 0 radical (unpaired) electrons. The molecule has 1 fully saturated rings. The van der Waals surface area contributed by atoms with Crippen LogP contribution in [0.5, 0.6) is 0 Å². The van der Waals surface area contributed by atoms with Gasteiger partial charge in [0.25, 0.3) is 0 Å². The van der Waals surface area contributed by atoms with E-state index in [9.17, 15) is 0 Å². The lowest BCUT2D eigenvalue weighted by Crippen LogP contribution is -2.17. The van der Waals surface area contributed by atoms with E-state index in [0.717, 1.165) is 13.0 Å². The SMILES string of the molecule is CCOC1C=C2CCC2=CC1. The molecule has 0 saturated heterocycles. The molecule has 0 aliphatic heterocycles. The zero-order valence-electron chi connectivity index (χ0n) is 6.97. The highest BCUT2D eigenvalue weighted by Gasteiger charge is 2.21. The lowest BCUT2D eigenvalue weighted by atomic mass is 9.80. The summed E-state index contributed by atoms with van der Waals surface area (Å²) in [5.74, 6) is 0. The molecule has 0 aromatic heterocycles. The first-order chi connectivity index (χ1) is 5.40. The molecular formula is C10H14O. The molecule has 0 bridgehead atoms. The fraction of sp³-hybridized carbons (Fsp3) is 0.600. The van der Waals surface area contributed by atoms with Gasteiger partial charge >= 0.3 is 0 Å². The summed E-state index contributed by atoms with van der Waals surface area (Å²) in [4.78, 5) is 0. The van der Waals surface area contributed by atoms with Crippen LogP contribution >= 0.6 is 0 Å². The molecule has 0 spiro atoms. The van der Waals surface area contributed by atoms with Crippen LogP contribution in [0.1, 0.15) is 26.2 Å². The van der Waals surface area contributed by atoms with Crippen molar-refractivity contribution >= 4 is 0 Å². The van der Waals surface area contributed by atoms with Gasteiger partial charge in [0.05, 0.1) is 6.10 Å². The molecule has 2 rings (SSSR count). The molecule has 2 aliphatic carbocycles. The van der Waals surface area contributed by atoms with Crippen LogP contribution in [0.15, 0.2) is 23.3 Å². The maximum atomic E-state index is 5.51. The van der Waals surface area contributed by atoms with Gasteiger partial charge in [-0.15, -0.1) is 0 Å². The minimum Gasteiger partial charge on any atom is -0.374 e. The maximum Gasteiger partial charge on any atom is 0.0796 e. The molecule has 0 N–H and O–H groups in total. The summed E-state index contributed by atoms with van der Waals surface area (Å²) in [6.07, 6.45) is 8.66. The molecule has 0 aromatic carbocycles. The minimum absolute atomic E-state index is 0.374. The van der Waals surface area contributed by atoms with Crippen LogP contribution in [0.2, 0.25) is 0 Å². The van der Waals surface area contributed by atoms with E-state index < -0.39 is 0 Å². The first kappa shape index (κ1) is 7.11. The Morgan fingerprint density at radius 1 is 1.45 bits per heavy atom. The van der Waals surface area contributed by atoms with E-state index in [2.05, 4.69) is 19.1 Å². The third kappa shape index (κ3) is 1.25. The Labute approximate surface area is 67.7 Å². The zero-order valence-corrected chi connectivity index (χ0v) is 6.97. The van der Waals surface area contributed by atoms with Gasteiger partial charge in [-0.05, 0) is 37.3 Å². The molecule has 1 unspecified atom stereocenters. The third-order valence-corrected chi connectivity index (χ3v) is 2.44. The molecule has 0 amide bonds. The summed E-state index contributed by atoms with van der Waals surface area (Å²) in [6, 6.07) is 0. The quantitative estimate of drug-likeness (QED) is 0.587. The van der Waals surface area contributed by atoms with Gasteiger partial charge in [-0.1, -0.05) is 12.2 Å². The number of fused-ring (bicyclic) bond motifs is 1. The molecule has 60 valence electrons. The largest absolute Gasteiger partial charge is 0.374 e. The van der Waals surface area contributed by atoms with Gasteiger partial charge in [-0.25, -0.2) is 0 Å². The van der Waals surface area contributed by atoms with Gasteiger partial charge in [0, 0.05) is 6.61 Å². The number of allylic oxidation sites excluding steroid dienone is 2. The lowest BCUT2D eigenvalue weighted by molar-refractivity contribution is 0.0961. The highest BCUT2D eigenvalue weighted by molar-refractivity contribution is 5.42. The van der Waals surface area contributed by atoms with Gasteiger partial charge in [0.15, 0.2) is 0 Å². The molecule has 1 heteroatoms. The predicted octanol–water partition coefficient (Wildman–Crippen LogP) is 2.44. The van der Waals surface area contributed by atoms with Crippen molar-refractivity contribution in [3.8, 4) is 0 Å². The van der Waals surface area contributed by atoms with Crippen molar-refractivity contribution in [3.05, 3.63) is 23.3 Å². The third-order valence-electron chi connectivity index (χ3n) is 2.44. The van der Waals surface area contributed by atoms with Crippen molar-refractivity contribution in [2.24, 2.45) is 0 Å².